The van der Waals surface area contributed by atoms with Gasteiger partial charge in [0.2, 0.25) is 5.91 Å². The highest BCUT2D eigenvalue weighted by atomic mass is 19.1. The maximum Gasteiger partial charge on any atom is 0.339 e. The fourth-order valence-corrected chi connectivity index (χ4v) is 3.63. The van der Waals surface area contributed by atoms with Crippen molar-refractivity contribution in [1.29, 1.82) is 0 Å². The van der Waals surface area contributed by atoms with Crippen molar-refractivity contribution >= 4 is 17.6 Å². The Morgan fingerprint density at radius 1 is 1.24 bits per heavy atom. The number of amides is 1. The number of nitrogens with one attached hydrogen (secondary N) is 1. The van der Waals surface area contributed by atoms with Gasteiger partial charge in [0.05, 0.1) is 18.5 Å². The van der Waals surface area contributed by atoms with Gasteiger partial charge in [-0.3, -0.25) is 4.79 Å². The predicted molar refractivity (Wildman–Crippen MR) is 102 cm³/mol. The molecule has 0 radical (unpaired) electrons. The number of anilines is 1. The standard InChI is InChI=1S/C21H17FN2O5/c1-29-17-8-11(2-7-16(17)25)14-9-18(26)23-19-15(21(27)28)10-24(20(14)19)13-5-3-12(22)4-6-13/h2-8,10,14,25H,9H2,1H3,(H,23,26)(H,27,28)/t14-/m1/s1. The van der Waals surface area contributed by atoms with Crippen LogP contribution in [0.1, 0.15) is 34.0 Å². The summed E-state index contributed by atoms with van der Waals surface area (Å²) in [6.07, 6.45) is 1.49. The summed E-state index contributed by atoms with van der Waals surface area (Å²) in [5.74, 6) is -2.22. The molecule has 1 aliphatic heterocycles. The first-order valence-electron chi connectivity index (χ1n) is 8.80. The van der Waals surface area contributed by atoms with E-state index in [0.717, 1.165) is 0 Å². The smallest absolute Gasteiger partial charge is 0.339 e. The fraction of sp³-hybridized carbons (Fsp3) is 0.143. The molecule has 0 aliphatic carbocycles. The van der Waals surface area contributed by atoms with Crippen LogP contribution in [0.2, 0.25) is 0 Å². The second kappa shape index (κ2) is 6.97. The average molecular weight is 396 g/mol. The molecule has 1 amide bonds. The molecule has 2 heterocycles. The fourth-order valence-electron chi connectivity index (χ4n) is 3.63. The van der Waals surface area contributed by atoms with Crippen LogP contribution < -0.4 is 10.1 Å². The van der Waals surface area contributed by atoms with E-state index < -0.39 is 17.7 Å². The van der Waals surface area contributed by atoms with Crippen molar-refractivity contribution in [2.45, 2.75) is 12.3 Å². The molecular formula is C21H17FN2O5. The molecule has 1 aliphatic rings. The number of hydrogen-bond donors (Lipinski definition) is 3. The Morgan fingerprint density at radius 2 is 1.97 bits per heavy atom. The Morgan fingerprint density at radius 3 is 2.62 bits per heavy atom. The number of carbonyl (C=O) groups is 2. The van der Waals surface area contributed by atoms with Crippen LogP contribution in [0, 0.1) is 5.82 Å². The molecule has 0 saturated heterocycles. The Balaban J connectivity index is 1.95. The lowest BCUT2D eigenvalue weighted by molar-refractivity contribution is -0.116. The van der Waals surface area contributed by atoms with Crippen LogP contribution in [0.5, 0.6) is 11.5 Å². The number of rotatable bonds is 4. The van der Waals surface area contributed by atoms with E-state index in [4.69, 9.17) is 4.74 Å². The lowest BCUT2D eigenvalue weighted by atomic mass is 9.88. The van der Waals surface area contributed by atoms with Gasteiger partial charge in [0.15, 0.2) is 11.5 Å². The number of benzene rings is 2. The third-order valence-electron chi connectivity index (χ3n) is 4.97. The van der Waals surface area contributed by atoms with Gasteiger partial charge in [0, 0.05) is 24.2 Å². The van der Waals surface area contributed by atoms with Crippen molar-refractivity contribution in [2.75, 3.05) is 12.4 Å². The average Bonchev–Trinajstić information content (AvgIpc) is 3.08. The van der Waals surface area contributed by atoms with E-state index in [-0.39, 0.29) is 35.1 Å². The topological polar surface area (TPSA) is 101 Å². The number of carbonyl (C=O) groups excluding carboxylic acids is 1. The number of aromatic carboxylic acids is 1. The maximum atomic E-state index is 13.4. The number of carboxylic acid groups (broad SMARTS) is 1. The number of ether oxygens (including phenoxy) is 1. The highest BCUT2D eigenvalue weighted by Crippen LogP contribution is 2.43. The van der Waals surface area contributed by atoms with E-state index in [1.54, 1.807) is 16.7 Å². The molecule has 7 nitrogen and oxygen atoms in total. The van der Waals surface area contributed by atoms with E-state index in [1.807, 2.05) is 0 Å². The number of halogens is 1. The first-order valence-corrected chi connectivity index (χ1v) is 8.80. The van der Waals surface area contributed by atoms with Crippen molar-refractivity contribution in [3.63, 3.8) is 0 Å². The number of hydrogen-bond acceptors (Lipinski definition) is 4. The molecule has 2 aromatic carbocycles. The van der Waals surface area contributed by atoms with Gasteiger partial charge in [-0.2, -0.15) is 0 Å². The monoisotopic (exact) mass is 396 g/mol. The molecule has 148 valence electrons. The summed E-state index contributed by atoms with van der Waals surface area (Å²) in [5.41, 5.74) is 1.93. The Kier molecular flexibility index (Phi) is 4.46. The van der Waals surface area contributed by atoms with E-state index >= 15 is 0 Å². The number of phenols is 1. The minimum absolute atomic E-state index is 0.0446. The van der Waals surface area contributed by atoms with E-state index in [1.165, 1.54) is 43.6 Å². The normalized spacial score (nSPS) is 15.5. The van der Waals surface area contributed by atoms with E-state index in [9.17, 15) is 24.2 Å². The maximum absolute atomic E-state index is 13.4. The molecule has 8 heteroatoms. The molecule has 3 N–H and O–H groups in total. The highest BCUT2D eigenvalue weighted by Gasteiger charge is 2.34. The minimum Gasteiger partial charge on any atom is -0.504 e. The number of fused-ring (bicyclic) bond motifs is 1. The van der Waals surface area contributed by atoms with Gasteiger partial charge >= 0.3 is 5.97 Å². The van der Waals surface area contributed by atoms with Crippen LogP contribution in [0.3, 0.4) is 0 Å². The molecule has 0 bridgehead atoms. The Bertz CT molecular complexity index is 1120. The Labute approximate surface area is 165 Å². The molecule has 3 aromatic rings. The van der Waals surface area contributed by atoms with Crippen molar-refractivity contribution < 1.29 is 28.9 Å². The number of phenolic OH excluding ortho intramolecular Hbond substituents is 1. The summed E-state index contributed by atoms with van der Waals surface area (Å²) < 4.78 is 20.2. The van der Waals surface area contributed by atoms with Crippen molar-refractivity contribution in [2.24, 2.45) is 0 Å². The third kappa shape index (κ3) is 3.18. The van der Waals surface area contributed by atoms with Gasteiger partial charge in [0.25, 0.3) is 0 Å². The predicted octanol–water partition coefficient (Wildman–Crippen LogP) is 3.50. The van der Waals surface area contributed by atoms with Crippen LogP contribution in [0.15, 0.2) is 48.7 Å². The second-order valence-corrected chi connectivity index (χ2v) is 6.69. The third-order valence-corrected chi connectivity index (χ3v) is 4.97. The lowest BCUT2D eigenvalue weighted by Gasteiger charge is -2.26. The number of methoxy groups -OCH3 is 1. The quantitative estimate of drug-likeness (QED) is 0.627. The van der Waals surface area contributed by atoms with Gasteiger partial charge in [-0.1, -0.05) is 6.07 Å². The SMILES string of the molecule is COc1cc([C@H]2CC(=O)Nc3c(C(=O)O)cn(-c4ccc(F)cc4)c32)ccc1O. The highest BCUT2D eigenvalue weighted by molar-refractivity contribution is 6.04. The summed E-state index contributed by atoms with van der Waals surface area (Å²) in [5, 5.41) is 22.2. The first-order chi connectivity index (χ1) is 13.9. The van der Waals surface area contributed by atoms with Gasteiger partial charge in [-0.25, -0.2) is 9.18 Å². The van der Waals surface area contributed by atoms with Crippen LogP contribution in [-0.2, 0) is 4.79 Å². The summed E-state index contributed by atoms with van der Waals surface area (Å²) in [6, 6.07) is 10.4. The lowest BCUT2D eigenvalue weighted by Crippen LogP contribution is -2.25. The molecule has 4 rings (SSSR count). The second-order valence-electron chi connectivity index (χ2n) is 6.69. The first kappa shape index (κ1) is 18.5. The number of nitrogens with zero attached hydrogens (tertiary/aromatic N) is 1. The van der Waals surface area contributed by atoms with E-state index in [0.29, 0.717) is 16.9 Å². The summed E-state index contributed by atoms with van der Waals surface area (Å²) in [4.78, 5) is 24.1. The molecule has 1 aromatic heterocycles. The van der Waals surface area contributed by atoms with Crippen LogP contribution in [0.4, 0.5) is 10.1 Å². The van der Waals surface area contributed by atoms with Gasteiger partial charge < -0.3 is 24.8 Å². The van der Waals surface area contributed by atoms with Crippen molar-refractivity contribution in [1.82, 2.24) is 4.57 Å². The molecule has 0 unspecified atom stereocenters. The largest absolute Gasteiger partial charge is 0.504 e. The zero-order valence-electron chi connectivity index (χ0n) is 15.3. The summed E-state index contributed by atoms with van der Waals surface area (Å²) in [6.45, 7) is 0. The zero-order valence-corrected chi connectivity index (χ0v) is 15.3. The van der Waals surface area contributed by atoms with Gasteiger partial charge in [-0.15, -0.1) is 0 Å². The molecular weight excluding hydrogens is 379 g/mol. The number of aromatic hydroxyl groups is 1. The Hall–Kier alpha value is -3.81. The van der Waals surface area contributed by atoms with Gasteiger partial charge in [0.1, 0.15) is 11.4 Å². The summed E-state index contributed by atoms with van der Waals surface area (Å²) >= 11 is 0. The minimum atomic E-state index is -1.19. The molecule has 29 heavy (non-hydrogen) atoms. The zero-order chi connectivity index (χ0) is 20.7. The van der Waals surface area contributed by atoms with Crippen molar-refractivity contribution in [3.05, 3.63) is 71.3 Å². The number of carboxylic acids is 1. The number of aromatic nitrogens is 1. The van der Waals surface area contributed by atoms with Crippen LogP contribution in [-0.4, -0.2) is 33.8 Å². The molecule has 1 atom stereocenters. The van der Waals surface area contributed by atoms with Crippen molar-refractivity contribution in [3.8, 4) is 17.2 Å². The molecule has 0 fully saturated rings. The molecule has 0 saturated carbocycles. The van der Waals surface area contributed by atoms with Crippen LogP contribution in [0.25, 0.3) is 5.69 Å². The van der Waals surface area contributed by atoms with E-state index in [2.05, 4.69) is 5.32 Å². The van der Waals surface area contributed by atoms with Gasteiger partial charge in [-0.05, 0) is 42.0 Å². The molecule has 0 spiro atoms. The van der Waals surface area contributed by atoms with Crippen LogP contribution >= 0.6 is 0 Å². The summed E-state index contributed by atoms with van der Waals surface area (Å²) in [7, 11) is 1.42.